The normalized spacial score (nSPS) is 10.1. The van der Waals surface area contributed by atoms with Crippen LogP contribution >= 0.6 is 0 Å². The summed E-state index contributed by atoms with van der Waals surface area (Å²) in [6.07, 6.45) is 5.26. The third-order valence-electron chi connectivity index (χ3n) is 2.33. The smallest absolute Gasteiger partial charge is 0.168 e. The second-order valence-electron chi connectivity index (χ2n) is 3.42. The van der Waals surface area contributed by atoms with Crippen LogP contribution in [0, 0.1) is 0 Å². The van der Waals surface area contributed by atoms with Gasteiger partial charge in [-0.05, 0) is 30.7 Å². The van der Waals surface area contributed by atoms with Crippen LogP contribution in [-0.2, 0) is 6.42 Å². The van der Waals surface area contributed by atoms with Crippen LogP contribution in [0.1, 0.15) is 23.1 Å². The van der Waals surface area contributed by atoms with Crippen molar-refractivity contribution in [3.8, 4) is 0 Å². The lowest BCUT2D eigenvalue weighted by atomic mass is 10.3. The number of nitrogens with one attached hydrogen (secondary N) is 1. The largest absolute Gasteiger partial charge is 0.296 e. The van der Waals surface area contributed by atoms with Crippen molar-refractivity contribution in [2.75, 3.05) is 5.43 Å². The lowest BCUT2D eigenvalue weighted by Gasteiger charge is -2.09. The van der Waals surface area contributed by atoms with Crippen molar-refractivity contribution in [3.63, 3.8) is 0 Å². The molecule has 4 heteroatoms. The fourth-order valence-electron chi connectivity index (χ4n) is 1.47. The summed E-state index contributed by atoms with van der Waals surface area (Å²) in [5.74, 6) is 0. The predicted octanol–water partition coefficient (Wildman–Crippen LogP) is 2.13. The lowest BCUT2D eigenvalue weighted by molar-refractivity contribution is 0.111. The Kier molecular flexibility index (Phi) is 3.00. The lowest BCUT2D eigenvalue weighted by Crippen LogP contribution is -2.11. The number of rotatable bonds is 4. The number of carbonyl (C=O) groups excluding carboxylic acids is 1. The molecule has 16 heavy (non-hydrogen) atoms. The van der Waals surface area contributed by atoms with Gasteiger partial charge in [-0.25, -0.2) is 0 Å². The number of hydrogen-bond acceptors (Lipinski definition) is 3. The van der Waals surface area contributed by atoms with Crippen LogP contribution < -0.4 is 5.43 Å². The fourth-order valence-corrected chi connectivity index (χ4v) is 1.47. The molecule has 0 aliphatic rings. The fraction of sp³-hybridized carbons (Fsp3) is 0.167. The molecule has 0 saturated carbocycles. The number of aromatic nitrogens is 2. The van der Waals surface area contributed by atoms with Crippen molar-refractivity contribution >= 4 is 12.0 Å². The van der Waals surface area contributed by atoms with Gasteiger partial charge in [-0.15, -0.1) is 0 Å². The Labute approximate surface area is 93.9 Å². The van der Waals surface area contributed by atoms with E-state index in [1.165, 1.54) is 0 Å². The quantitative estimate of drug-likeness (QED) is 0.795. The zero-order valence-corrected chi connectivity index (χ0v) is 9.05. The van der Waals surface area contributed by atoms with E-state index < -0.39 is 0 Å². The van der Waals surface area contributed by atoms with Crippen molar-refractivity contribution in [2.45, 2.75) is 13.3 Å². The Morgan fingerprint density at radius 2 is 2.38 bits per heavy atom. The second kappa shape index (κ2) is 4.61. The average molecular weight is 215 g/mol. The summed E-state index contributed by atoms with van der Waals surface area (Å²) in [5, 5.41) is 0. The molecule has 2 heterocycles. The van der Waals surface area contributed by atoms with Crippen molar-refractivity contribution in [1.29, 1.82) is 0 Å². The first-order chi connectivity index (χ1) is 7.83. The van der Waals surface area contributed by atoms with Gasteiger partial charge in [0.25, 0.3) is 0 Å². The van der Waals surface area contributed by atoms with Gasteiger partial charge in [-0.1, -0.05) is 6.92 Å². The van der Waals surface area contributed by atoms with E-state index in [9.17, 15) is 4.79 Å². The van der Waals surface area contributed by atoms with Crippen molar-refractivity contribution in [1.82, 2.24) is 9.66 Å². The highest BCUT2D eigenvalue weighted by molar-refractivity contribution is 5.72. The number of hydrogen-bond donors (Lipinski definition) is 1. The molecular formula is C12H13N3O. The van der Waals surface area contributed by atoms with Crippen LogP contribution in [0.15, 0.2) is 36.7 Å². The summed E-state index contributed by atoms with van der Waals surface area (Å²) < 4.78 is 1.68. The summed E-state index contributed by atoms with van der Waals surface area (Å²) in [5.41, 5.74) is 5.66. The molecule has 0 unspecified atom stereocenters. The molecule has 0 saturated heterocycles. The monoisotopic (exact) mass is 215 g/mol. The first-order valence-corrected chi connectivity index (χ1v) is 5.18. The molecule has 0 spiro atoms. The Bertz CT molecular complexity index is 491. The maximum atomic E-state index is 10.7. The summed E-state index contributed by atoms with van der Waals surface area (Å²) in [6.45, 7) is 2.05. The zero-order chi connectivity index (χ0) is 11.4. The molecule has 0 aromatic carbocycles. The van der Waals surface area contributed by atoms with Gasteiger partial charge < -0.3 is 0 Å². The minimum absolute atomic E-state index is 0.592. The molecule has 0 radical (unpaired) electrons. The molecule has 2 aromatic heterocycles. The molecule has 0 amide bonds. The van der Waals surface area contributed by atoms with E-state index in [0.717, 1.165) is 24.1 Å². The van der Waals surface area contributed by atoms with E-state index in [4.69, 9.17) is 0 Å². The predicted molar refractivity (Wildman–Crippen MR) is 62.5 cm³/mol. The van der Waals surface area contributed by atoms with Gasteiger partial charge >= 0.3 is 0 Å². The third-order valence-corrected chi connectivity index (χ3v) is 2.33. The molecule has 0 bridgehead atoms. The van der Waals surface area contributed by atoms with Crippen molar-refractivity contribution in [2.24, 2.45) is 0 Å². The molecule has 0 aliphatic heterocycles. The van der Waals surface area contributed by atoms with Crippen LogP contribution in [0.4, 0.5) is 5.69 Å². The summed E-state index contributed by atoms with van der Waals surface area (Å²) in [7, 11) is 0. The molecule has 82 valence electrons. The van der Waals surface area contributed by atoms with Crippen LogP contribution in [0.25, 0.3) is 0 Å². The van der Waals surface area contributed by atoms with E-state index in [-0.39, 0.29) is 0 Å². The SMILES string of the molecule is CCc1cc(Nn2cccc2C=O)ccn1. The number of carbonyl (C=O) groups is 1. The van der Waals surface area contributed by atoms with Gasteiger partial charge in [-0.2, -0.15) is 0 Å². The number of aldehydes is 1. The Morgan fingerprint density at radius 3 is 3.12 bits per heavy atom. The van der Waals surface area contributed by atoms with E-state index in [2.05, 4.69) is 17.3 Å². The second-order valence-corrected chi connectivity index (χ2v) is 3.42. The minimum atomic E-state index is 0.592. The van der Waals surface area contributed by atoms with E-state index >= 15 is 0 Å². The highest BCUT2D eigenvalue weighted by Crippen LogP contribution is 2.10. The average Bonchev–Trinajstić information content (AvgIpc) is 2.76. The summed E-state index contributed by atoms with van der Waals surface area (Å²) >= 11 is 0. The first-order valence-electron chi connectivity index (χ1n) is 5.18. The van der Waals surface area contributed by atoms with Gasteiger partial charge in [0.15, 0.2) is 6.29 Å². The van der Waals surface area contributed by atoms with Gasteiger partial charge in [0.1, 0.15) is 5.69 Å². The standard InChI is InChI=1S/C12H13N3O/c1-2-10-8-11(5-6-13-10)14-15-7-3-4-12(15)9-16/h3-9H,2H2,1H3,(H,13,14). The number of anilines is 1. The van der Waals surface area contributed by atoms with Crippen molar-refractivity contribution < 1.29 is 4.79 Å². The molecule has 0 aliphatic carbocycles. The van der Waals surface area contributed by atoms with E-state index in [1.807, 2.05) is 18.2 Å². The van der Waals surface area contributed by atoms with Gasteiger partial charge in [0.05, 0.1) is 5.69 Å². The van der Waals surface area contributed by atoms with Crippen LogP contribution in [-0.4, -0.2) is 15.9 Å². The first kappa shape index (κ1) is 10.4. The number of pyridine rings is 1. The van der Waals surface area contributed by atoms with Crippen LogP contribution in [0.3, 0.4) is 0 Å². The Balaban J connectivity index is 2.23. The highest BCUT2D eigenvalue weighted by atomic mass is 16.1. The molecule has 0 atom stereocenters. The summed E-state index contributed by atoms with van der Waals surface area (Å²) in [6, 6.07) is 7.41. The van der Waals surface area contributed by atoms with Crippen molar-refractivity contribution in [3.05, 3.63) is 48.0 Å². The highest BCUT2D eigenvalue weighted by Gasteiger charge is 2.00. The molecule has 0 fully saturated rings. The maximum absolute atomic E-state index is 10.7. The van der Waals surface area contributed by atoms with E-state index in [0.29, 0.717) is 5.69 Å². The number of nitrogens with zero attached hydrogens (tertiary/aromatic N) is 2. The minimum Gasteiger partial charge on any atom is -0.296 e. The summed E-state index contributed by atoms with van der Waals surface area (Å²) in [4.78, 5) is 14.9. The topological polar surface area (TPSA) is 46.9 Å². The zero-order valence-electron chi connectivity index (χ0n) is 9.05. The van der Waals surface area contributed by atoms with Crippen LogP contribution in [0.5, 0.6) is 0 Å². The van der Waals surface area contributed by atoms with Gasteiger partial charge in [0.2, 0.25) is 0 Å². The molecular weight excluding hydrogens is 202 g/mol. The van der Waals surface area contributed by atoms with Gasteiger partial charge in [0, 0.05) is 18.1 Å². The van der Waals surface area contributed by atoms with E-state index in [1.54, 1.807) is 23.1 Å². The van der Waals surface area contributed by atoms with Gasteiger partial charge in [-0.3, -0.25) is 19.9 Å². The third kappa shape index (κ3) is 2.11. The molecule has 4 nitrogen and oxygen atoms in total. The Morgan fingerprint density at radius 1 is 1.50 bits per heavy atom. The molecule has 2 aromatic rings. The van der Waals surface area contributed by atoms with Crippen LogP contribution in [0.2, 0.25) is 0 Å². The molecule has 2 rings (SSSR count). The Hall–Kier alpha value is -2.10. The maximum Gasteiger partial charge on any atom is 0.168 e. The molecule has 1 N–H and O–H groups in total. The number of aryl methyl sites for hydroxylation is 1.